The first-order valence-electron chi connectivity index (χ1n) is 6.74. The van der Waals surface area contributed by atoms with Gasteiger partial charge in [0.2, 0.25) is 6.79 Å². The molecule has 5 nitrogen and oxygen atoms in total. The molecule has 5 heteroatoms. The number of ether oxygens (including phenoxy) is 2. The average Bonchev–Trinajstić information content (AvgIpc) is 2.93. The van der Waals surface area contributed by atoms with Gasteiger partial charge in [0.05, 0.1) is 0 Å². The fourth-order valence-electron chi connectivity index (χ4n) is 2.45. The van der Waals surface area contributed by atoms with Gasteiger partial charge in [-0.2, -0.15) is 0 Å². The Morgan fingerprint density at radius 2 is 2.21 bits per heavy atom. The highest BCUT2D eigenvalue weighted by atomic mass is 16.7. The summed E-state index contributed by atoms with van der Waals surface area (Å²) in [7, 11) is 0. The molecule has 1 aromatic carbocycles. The fraction of sp³-hybridized carbons (Fsp3) is 0.500. The van der Waals surface area contributed by atoms with Gasteiger partial charge in [0.1, 0.15) is 0 Å². The summed E-state index contributed by atoms with van der Waals surface area (Å²) in [4.78, 5) is 12.1. The number of hydrogen-bond acceptors (Lipinski definition) is 4. The average molecular weight is 262 g/mol. The van der Waals surface area contributed by atoms with Crippen LogP contribution < -0.4 is 20.1 Å². The number of hydrogen-bond donors (Lipinski definition) is 2. The van der Waals surface area contributed by atoms with Crippen molar-refractivity contribution < 1.29 is 14.3 Å². The molecule has 0 bridgehead atoms. The number of benzene rings is 1. The summed E-state index contributed by atoms with van der Waals surface area (Å²) in [6.45, 7) is 1.95. The normalized spacial score (nSPS) is 21.2. The summed E-state index contributed by atoms with van der Waals surface area (Å²) in [5.41, 5.74) is 0.611. The van der Waals surface area contributed by atoms with Crippen LogP contribution >= 0.6 is 0 Å². The number of fused-ring (bicyclic) bond motifs is 1. The van der Waals surface area contributed by atoms with E-state index in [1.54, 1.807) is 18.2 Å². The standard InChI is InChI=1S/C14H18N2O3/c17-14(16-8-11-3-1-2-6-15-11)10-4-5-12-13(7-10)19-9-18-12/h4-5,7,11,15H,1-3,6,8-9H2,(H,16,17)/t11-/m1/s1. The Morgan fingerprint density at radius 3 is 3.05 bits per heavy atom. The smallest absolute Gasteiger partial charge is 0.251 e. The number of rotatable bonds is 3. The van der Waals surface area contributed by atoms with Gasteiger partial charge in [-0.3, -0.25) is 4.79 Å². The Bertz CT molecular complexity index is 470. The van der Waals surface area contributed by atoms with E-state index in [-0.39, 0.29) is 12.7 Å². The second-order valence-corrected chi connectivity index (χ2v) is 4.92. The highest BCUT2D eigenvalue weighted by molar-refractivity contribution is 5.94. The van der Waals surface area contributed by atoms with Gasteiger partial charge in [-0.25, -0.2) is 0 Å². The molecular formula is C14H18N2O3. The highest BCUT2D eigenvalue weighted by Crippen LogP contribution is 2.32. The van der Waals surface area contributed by atoms with Gasteiger partial charge in [-0.05, 0) is 37.6 Å². The summed E-state index contributed by atoms with van der Waals surface area (Å²) in [5, 5.41) is 6.37. The van der Waals surface area contributed by atoms with Crippen molar-refractivity contribution in [2.75, 3.05) is 19.9 Å². The lowest BCUT2D eigenvalue weighted by Gasteiger charge is -2.23. The van der Waals surface area contributed by atoms with Gasteiger partial charge in [-0.1, -0.05) is 6.42 Å². The minimum Gasteiger partial charge on any atom is -0.454 e. The van der Waals surface area contributed by atoms with E-state index < -0.39 is 0 Å². The van der Waals surface area contributed by atoms with Crippen LogP contribution in [0.2, 0.25) is 0 Å². The zero-order valence-corrected chi connectivity index (χ0v) is 10.8. The molecule has 102 valence electrons. The fourth-order valence-corrected chi connectivity index (χ4v) is 2.45. The predicted octanol–water partition coefficient (Wildman–Crippen LogP) is 1.29. The first kappa shape index (κ1) is 12.3. The second kappa shape index (κ2) is 5.48. The summed E-state index contributed by atoms with van der Waals surface area (Å²) in [6.07, 6.45) is 3.59. The SMILES string of the molecule is O=C(NC[C@H]1CCCCN1)c1ccc2c(c1)OCO2. The van der Waals surface area contributed by atoms with E-state index in [0.29, 0.717) is 29.6 Å². The molecule has 1 aromatic rings. The molecule has 0 spiro atoms. The van der Waals surface area contributed by atoms with E-state index in [2.05, 4.69) is 10.6 Å². The molecule has 19 heavy (non-hydrogen) atoms. The molecule has 2 heterocycles. The van der Waals surface area contributed by atoms with Crippen molar-refractivity contribution in [1.82, 2.24) is 10.6 Å². The molecule has 1 fully saturated rings. The molecule has 0 aromatic heterocycles. The molecule has 2 aliphatic rings. The number of amides is 1. The molecule has 0 radical (unpaired) electrons. The van der Waals surface area contributed by atoms with Crippen molar-refractivity contribution in [3.05, 3.63) is 23.8 Å². The van der Waals surface area contributed by atoms with E-state index in [9.17, 15) is 4.79 Å². The van der Waals surface area contributed by atoms with Crippen LogP contribution in [0.4, 0.5) is 0 Å². The van der Waals surface area contributed by atoms with E-state index in [4.69, 9.17) is 9.47 Å². The molecular weight excluding hydrogens is 244 g/mol. The number of piperidine rings is 1. The Kier molecular flexibility index (Phi) is 3.55. The van der Waals surface area contributed by atoms with Crippen LogP contribution in [0, 0.1) is 0 Å². The lowest BCUT2D eigenvalue weighted by Crippen LogP contribution is -2.43. The van der Waals surface area contributed by atoms with Crippen molar-refractivity contribution in [3.63, 3.8) is 0 Å². The Morgan fingerprint density at radius 1 is 1.32 bits per heavy atom. The third-order valence-electron chi connectivity index (χ3n) is 3.56. The molecule has 0 aliphatic carbocycles. The van der Waals surface area contributed by atoms with Crippen LogP contribution in [0.5, 0.6) is 11.5 Å². The summed E-state index contributed by atoms with van der Waals surface area (Å²) in [6, 6.07) is 5.66. The molecule has 0 saturated carbocycles. The third kappa shape index (κ3) is 2.81. The van der Waals surface area contributed by atoms with Crippen LogP contribution in [0.25, 0.3) is 0 Å². The van der Waals surface area contributed by atoms with Crippen LogP contribution in [0.1, 0.15) is 29.6 Å². The van der Waals surface area contributed by atoms with E-state index >= 15 is 0 Å². The van der Waals surface area contributed by atoms with Crippen molar-refractivity contribution in [1.29, 1.82) is 0 Å². The maximum absolute atomic E-state index is 12.1. The van der Waals surface area contributed by atoms with Crippen molar-refractivity contribution in [2.45, 2.75) is 25.3 Å². The zero-order valence-electron chi connectivity index (χ0n) is 10.8. The number of carbonyl (C=O) groups excluding carboxylic acids is 1. The van der Waals surface area contributed by atoms with Gasteiger partial charge < -0.3 is 20.1 Å². The Balaban J connectivity index is 1.57. The molecule has 1 saturated heterocycles. The van der Waals surface area contributed by atoms with Crippen molar-refractivity contribution in [2.24, 2.45) is 0 Å². The van der Waals surface area contributed by atoms with Crippen LogP contribution in [-0.2, 0) is 0 Å². The molecule has 2 aliphatic heterocycles. The van der Waals surface area contributed by atoms with Gasteiger partial charge in [0, 0.05) is 18.2 Å². The number of carbonyl (C=O) groups is 1. The Hall–Kier alpha value is -1.75. The van der Waals surface area contributed by atoms with Crippen LogP contribution in [0.3, 0.4) is 0 Å². The largest absolute Gasteiger partial charge is 0.454 e. The molecule has 3 rings (SSSR count). The number of nitrogens with one attached hydrogen (secondary N) is 2. The molecule has 1 amide bonds. The van der Waals surface area contributed by atoms with Crippen molar-refractivity contribution in [3.8, 4) is 11.5 Å². The Labute approximate surface area is 112 Å². The van der Waals surface area contributed by atoms with E-state index in [1.165, 1.54) is 12.8 Å². The lowest BCUT2D eigenvalue weighted by molar-refractivity contribution is 0.0947. The van der Waals surface area contributed by atoms with E-state index in [0.717, 1.165) is 13.0 Å². The van der Waals surface area contributed by atoms with Crippen LogP contribution in [-0.4, -0.2) is 31.8 Å². The first-order valence-corrected chi connectivity index (χ1v) is 6.74. The van der Waals surface area contributed by atoms with Gasteiger partial charge in [-0.15, -0.1) is 0 Å². The van der Waals surface area contributed by atoms with Gasteiger partial charge >= 0.3 is 0 Å². The van der Waals surface area contributed by atoms with E-state index in [1.807, 2.05) is 0 Å². The minimum absolute atomic E-state index is 0.0642. The quantitative estimate of drug-likeness (QED) is 0.861. The molecule has 0 unspecified atom stereocenters. The van der Waals surface area contributed by atoms with Gasteiger partial charge in [0.15, 0.2) is 11.5 Å². The predicted molar refractivity (Wildman–Crippen MR) is 70.5 cm³/mol. The maximum Gasteiger partial charge on any atom is 0.251 e. The van der Waals surface area contributed by atoms with Gasteiger partial charge in [0.25, 0.3) is 5.91 Å². The monoisotopic (exact) mass is 262 g/mol. The summed E-state index contributed by atoms with van der Waals surface area (Å²) in [5.74, 6) is 1.28. The molecule has 2 N–H and O–H groups in total. The zero-order chi connectivity index (χ0) is 13.1. The summed E-state index contributed by atoms with van der Waals surface area (Å²) >= 11 is 0. The third-order valence-corrected chi connectivity index (χ3v) is 3.56. The maximum atomic E-state index is 12.1. The first-order chi connectivity index (χ1) is 9.33. The molecule has 1 atom stereocenters. The summed E-state index contributed by atoms with van der Waals surface area (Å²) < 4.78 is 10.5. The minimum atomic E-state index is -0.0642. The van der Waals surface area contributed by atoms with Crippen molar-refractivity contribution >= 4 is 5.91 Å². The van der Waals surface area contributed by atoms with Crippen LogP contribution in [0.15, 0.2) is 18.2 Å². The lowest BCUT2D eigenvalue weighted by atomic mass is 10.0. The highest BCUT2D eigenvalue weighted by Gasteiger charge is 2.17. The topological polar surface area (TPSA) is 59.6 Å². The second-order valence-electron chi connectivity index (χ2n) is 4.92.